The molecule has 2 aliphatic heterocycles. The van der Waals surface area contributed by atoms with Crippen molar-refractivity contribution in [1.82, 2.24) is 15.1 Å². The zero-order valence-electron chi connectivity index (χ0n) is 10.4. The minimum Gasteiger partial charge on any atom is -0.341 e. The van der Waals surface area contributed by atoms with Crippen molar-refractivity contribution in [3.8, 4) is 0 Å². The molecule has 2 heterocycles. The number of carbonyl (C=O) groups is 1. The average Bonchev–Trinajstić information content (AvgIpc) is 2.75. The summed E-state index contributed by atoms with van der Waals surface area (Å²) in [5.41, 5.74) is 0. The Balaban J connectivity index is 1.92. The van der Waals surface area contributed by atoms with Crippen LogP contribution in [0.2, 0.25) is 0 Å². The fraction of sp³-hybridized carbons (Fsp3) is 0.917. The first-order chi connectivity index (χ1) is 7.70. The smallest absolute Gasteiger partial charge is 0.239 e. The first kappa shape index (κ1) is 11.9. The Hall–Kier alpha value is -0.610. The normalized spacial score (nSPS) is 28.2. The fourth-order valence-electron chi connectivity index (χ4n) is 2.83. The van der Waals surface area contributed by atoms with Gasteiger partial charge in [0.2, 0.25) is 5.91 Å². The second kappa shape index (κ2) is 5.15. The van der Waals surface area contributed by atoms with Gasteiger partial charge in [0.25, 0.3) is 0 Å². The van der Waals surface area contributed by atoms with Crippen molar-refractivity contribution < 1.29 is 4.79 Å². The number of hydrogen-bond acceptors (Lipinski definition) is 3. The van der Waals surface area contributed by atoms with Gasteiger partial charge in [-0.05, 0) is 52.4 Å². The monoisotopic (exact) mass is 225 g/mol. The van der Waals surface area contributed by atoms with E-state index in [-0.39, 0.29) is 6.04 Å². The molecule has 0 aliphatic carbocycles. The highest BCUT2D eigenvalue weighted by atomic mass is 16.2. The third-order valence-electron chi connectivity index (χ3n) is 4.01. The van der Waals surface area contributed by atoms with Gasteiger partial charge in [-0.25, -0.2) is 0 Å². The average molecular weight is 225 g/mol. The molecule has 2 rings (SSSR count). The Kier molecular flexibility index (Phi) is 3.82. The van der Waals surface area contributed by atoms with E-state index in [0.717, 1.165) is 45.3 Å². The van der Waals surface area contributed by atoms with Crippen molar-refractivity contribution in [3.63, 3.8) is 0 Å². The molecule has 2 fully saturated rings. The van der Waals surface area contributed by atoms with Crippen LogP contribution in [0.25, 0.3) is 0 Å². The summed E-state index contributed by atoms with van der Waals surface area (Å²) in [7, 11) is 4.04. The Labute approximate surface area is 98.0 Å². The molecule has 1 atom stereocenters. The zero-order chi connectivity index (χ0) is 11.5. The Morgan fingerprint density at radius 3 is 2.56 bits per heavy atom. The van der Waals surface area contributed by atoms with Crippen LogP contribution in [0, 0.1) is 0 Å². The molecule has 92 valence electrons. The van der Waals surface area contributed by atoms with Crippen LogP contribution >= 0.6 is 0 Å². The van der Waals surface area contributed by atoms with Crippen molar-refractivity contribution in [2.24, 2.45) is 0 Å². The van der Waals surface area contributed by atoms with E-state index in [2.05, 4.69) is 17.3 Å². The molecule has 0 radical (unpaired) electrons. The third kappa shape index (κ3) is 2.38. The van der Waals surface area contributed by atoms with Gasteiger partial charge in [0.05, 0.1) is 6.04 Å². The summed E-state index contributed by atoms with van der Waals surface area (Å²) in [4.78, 5) is 16.5. The number of likely N-dealkylation sites (tertiary alicyclic amines) is 1. The number of piperidine rings is 1. The van der Waals surface area contributed by atoms with Gasteiger partial charge in [0.15, 0.2) is 0 Å². The maximum atomic E-state index is 12.3. The molecule has 4 heteroatoms. The van der Waals surface area contributed by atoms with Crippen molar-refractivity contribution >= 4 is 5.91 Å². The summed E-state index contributed by atoms with van der Waals surface area (Å²) in [6.45, 7) is 3.15. The minimum absolute atomic E-state index is 0.139. The molecule has 2 aliphatic rings. The van der Waals surface area contributed by atoms with Crippen LogP contribution in [0.3, 0.4) is 0 Å². The van der Waals surface area contributed by atoms with E-state index < -0.39 is 0 Å². The molecule has 0 bridgehead atoms. The Morgan fingerprint density at radius 2 is 2.00 bits per heavy atom. The predicted molar refractivity (Wildman–Crippen MR) is 64.3 cm³/mol. The standard InChI is InChI=1S/C12H23N3O/c1-14-9-3-4-11(14)12(16)15(2)10-5-7-13-8-6-10/h10-11,13H,3-9H2,1-2H3/t11-/m0/s1. The zero-order valence-corrected chi connectivity index (χ0v) is 10.4. The largest absolute Gasteiger partial charge is 0.341 e. The number of hydrogen-bond donors (Lipinski definition) is 1. The van der Waals surface area contributed by atoms with Crippen LogP contribution in [0.1, 0.15) is 25.7 Å². The minimum atomic E-state index is 0.139. The van der Waals surface area contributed by atoms with E-state index in [1.54, 1.807) is 0 Å². The molecule has 0 aromatic rings. The quantitative estimate of drug-likeness (QED) is 0.734. The van der Waals surface area contributed by atoms with E-state index >= 15 is 0 Å². The number of amides is 1. The molecule has 0 aromatic carbocycles. The number of likely N-dealkylation sites (N-methyl/N-ethyl adjacent to an activating group) is 2. The van der Waals surface area contributed by atoms with E-state index in [0.29, 0.717) is 11.9 Å². The molecular formula is C12H23N3O. The SMILES string of the molecule is CN(C(=O)[C@@H]1CCCN1C)C1CCNCC1. The summed E-state index contributed by atoms with van der Waals surface area (Å²) in [6, 6.07) is 0.586. The van der Waals surface area contributed by atoms with Crippen LogP contribution in [-0.2, 0) is 4.79 Å². The highest BCUT2D eigenvalue weighted by Gasteiger charge is 2.32. The lowest BCUT2D eigenvalue weighted by molar-refractivity contribution is -0.136. The fourth-order valence-corrected chi connectivity index (χ4v) is 2.83. The predicted octanol–water partition coefficient (Wildman–Crippen LogP) is 0.291. The molecule has 0 unspecified atom stereocenters. The van der Waals surface area contributed by atoms with Gasteiger partial charge in [-0.3, -0.25) is 9.69 Å². The van der Waals surface area contributed by atoms with Crippen molar-refractivity contribution in [3.05, 3.63) is 0 Å². The first-order valence-corrected chi connectivity index (χ1v) is 6.38. The Bertz CT molecular complexity index is 251. The molecular weight excluding hydrogens is 202 g/mol. The molecule has 0 aromatic heterocycles. The lowest BCUT2D eigenvalue weighted by Crippen LogP contribution is -2.49. The Morgan fingerprint density at radius 1 is 1.31 bits per heavy atom. The van der Waals surface area contributed by atoms with Crippen LogP contribution in [0.15, 0.2) is 0 Å². The number of rotatable bonds is 2. The van der Waals surface area contributed by atoms with E-state index in [9.17, 15) is 4.79 Å². The summed E-state index contributed by atoms with van der Waals surface area (Å²) in [5, 5.41) is 3.34. The van der Waals surface area contributed by atoms with Gasteiger partial charge in [0.1, 0.15) is 0 Å². The van der Waals surface area contributed by atoms with Crippen molar-refractivity contribution in [1.29, 1.82) is 0 Å². The summed E-state index contributed by atoms with van der Waals surface area (Å²) in [5.74, 6) is 0.326. The van der Waals surface area contributed by atoms with Crippen molar-refractivity contribution in [2.75, 3.05) is 33.7 Å². The topological polar surface area (TPSA) is 35.6 Å². The van der Waals surface area contributed by atoms with Crippen LogP contribution < -0.4 is 5.32 Å². The molecule has 0 saturated carbocycles. The number of nitrogens with one attached hydrogen (secondary N) is 1. The van der Waals surface area contributed by atoms with Gasteiger partial charge in [0, 0.05) is 13.1 Å². The lowest BCUT2D eigenvalue weighted by Gasteiger charge is -2.34. The number of carbonyl (C=O) groups excluding carboxylic acids is 1. The second-order valence-corrected chi connectivity index (χ2v) is 5.07. The van der Waals surface area contributed by atoms with Gasteiger partial charge >= 0.3 is 0 Å². The maximum Gasteiger partial charge on any atom is 0.239 e. The molecule has 16 heavy (non-hydrogen) atoms. The lowest BCUT2D eigenvalue weighted by atomic mass is 10.0. The molecule has 1 amide bonds. The van der Waals surface area contributed by atoms with Crippen LogP contribution in [-0.4, -0.2) is 61.5 Å². The van der Waals surface area contributed by atoms with Gasteiger partial charge in [-0.15, -0.1) is 0 Å². The molecule has 2 saturated heterocycles. The molecule has 1 N–H and O–H groups in total. The van der Waals surface area contributed by atoms with E-state index in [1.807, 2.05) is 11.9 Å². The van der Waals surface area contributed by atoms with Gasteiger partial charge < -0.3 is 10.2 Å². The van der Waals surface area contributed by atoms with Crippen LogP contribution in [0.5, 0.6) is 0 Å². The number of nitrogens with zero attached hydrogens (tertiary/aromatic N) is 2. The van der Waals surface area contributed by atoms with Gasteiger partial charge in [-0.1, -0.05) is 0 Å². The highest BCUT2D eigenvalue weighted by Crippen LogP contribution is 2.19. The van der Waals surface area contributed by atoms with E-state index in [1.165, 1.54) is 0 Å². The molecule has 0 spiro atoms. The maximum absolute atomic E-state index is 12.3. The second-order valence-electron chi connectivity index (χ2n) is 5.07. The summed E-state index contributed by atoms with van der Waals surface area (Å²) < 4.78 is 0. The van der Waals surface area contributed by atoms with E-state index in [4.69, 9.17) is 0 Å². The van der Waals surface area contributed by atoms with Crippen LogP contribution in [0.4, 0.5) is 0 Å². The van der Waals surface area contributed by atoms with Gasteiger partial charge in [-0.2, -0.15) is 0 Å². The summed E-state index contributed by atoms with van der Waals surface area (Å²) >= 11 is 0. The third-order valence-corrected chi connectivity index (χ3v) is 4.01. The van der Waals surface area contributed by atoms with Crippen molar-refractivity contribution in [2.45, 2.75) is 37.8 Å². The highest BCUT2D eigenvalue weighted by molar-refractivity contribution is 5.82. The summed E-state index contributed by atoms with van der Waals surface area (Å²) in [6.07, 6.45) is 4.38. The molecule has 4 nitrogen and oxygen atoms in total. The first-order valence-electron chi connectivity index (χ1n) is 6.38.